The molecule has 0 aliphatic heterocycles. The van der Waals surface area contributed by atoms with E-state index in [1.807, 2.05) is 12.1 Å². The molecular formula is C58H36N2O2. The van der Waals surface area contributed by atoms with Gasteiger partial charge in [-0.3, -0.25) is 0 Å². The van der Waals surface area contributed by atoms with Gasteiger partial charge in [0.25, 0.3) is 0 Å². The molecule has 0 unspecified atom stereocenters. The lowest BCUT2D eigenvalue weighted by atomic mass is 9.98. The van der Waals surface area contributed by atoms with Gasteiger partial charge in [0.15, 0.2) is 0 Å². The van der Waals surface area contributed by atoms with Gasteiger partial charge in [-0.2, -0.15) is 0 Å². The van der Waals surface area contributed by atoms with E-state index in [4.69, 9.17) is 8.83 Å². The molecule has 0 atom stereocenters. The summed E-state index contributed by atoms with van der Waals surface area (Å²) in [7, 11) is 0. The van der Waals surface area contributed by atoms with E-state index in [0.29, 0.717) is 0 Å². The van der Waals surface area contributed by atoms with Gasteiger partial charge in [-0.15, -0.1) is 0 Å². The third kappa shape index (κ3) is 5.27. The number of hydrogen-bond donors (Lipinski definition) is 0. The van der Waals surface area contributed by atoms with Crippen molar-refractivity contribution in [3.05, 3.63) is 218 Å². The van der Waals surface area contributed by atoms with E-state index in [9.17, 15) is 0 Å². The normalized spacial score (nSPS) is 11.9. The van der Waals surface area contributed by atoms with Gasteiger partial charge in [-0.1, -0.05) is 140 Å². The molecule has 0 saturated heterocycles. The van der Waals surface area contributed by atoms with E-state index in [2.05, 4.69) is 216 Å². The Labute approximate surface area is 356 Å². The zero-order valence-electron chi connectivity index (χ0n) is 33.5. The number of fused-ring (bicyclic) bond motifs is 11. The molecule has 4 nitrogen and oxygen atoms in total. The first kappa shape index (κ1) is 34.5. The number of anilines is 3. The molecule has 3 aromatic heterocycles. The van der Waals surface area contributed by atoms with E-state index < -0.39 is 0 Å². The molecule has 13 aromatic rings. The van der Waals surface area contributed by atoms with Crippen LogP contribution >= 0.6 is 0 Å². The van der Waals surface area contributed by atoms with Crippen molar-refractivity contribution < 1.29 is 8.83 Å². The number of furan rings is 2. The van der Waals surface area contributed by atoms with Gasteiger partial charge in [0.05, 0.1) is 28.1 Å². The van der Waals surface area contributed by atoms with E-state index in [-0.39, 0.29) is 0 Å². The Morgan fingerprint density at radius 3 is 1.71 bits per heavy atom. The van der Waals surface area contributed by atoms with Crippen LogP contribution in [0.4, 0.5) is 17.1 Å². The Hall–Kier alpha value is -8.34. The summed E-state index contributed by atoms with van der Waals surface area (Å²) in [5.41, 5.74) is 14.7. The molecule has 0 radical (unpaired) electrons. The fraction of sp³-hybridized carbons (Fsp3) is 0. The van der Waals surface area contributed by atoms with E-state index in [1.165, 1.54) is 16.2 Å². The summed E-state index contributed by atoms with van der Waals surface area (Å²) >= 11 is 0. The minimum Gasteiger partial charge on any atom is -0.456 e. The standard InChI is InChI=1S/C58H36N2O2/c1-2-15-43-38(13-1)27-32-47-49-36-40(29-34-57(49)62-58(43)47)42-14-3-7-19-50(42)59(41-30-25-37(26-31-41)39-28-33-56-48(35-39)46-18-6-12-24-55(46)61-56)53-22-10-11-23-54(53)60-51-20-8-4-16-44(51)45-17-5-9-21-52(45)60/h1-36H. The molecule has 0 fully saturated rings. The molecule has 0 aliphatic rings. The Morgan fingerprint density at radius 2 is 0.903 bits per heavy atom. The monoisotopic (exact) mass is 792 g/mol. The van der Waals surface area contributed by atoms with Crippen molar-refractivity contribution in [2.75, 3.05) is 4.90 Å². The zero-order valence-corrected chi connectivity index (χ0v) is 33.5. The van der Waals surface area contributed by atoms with E-state index in [0.717, 1.165) is 105 Å². The largest absolute Gasteiger partial charge is 0.456 e. The molecule has 0 aliphatic carbocycles. The number of rotatable bonds is 6. The highest BCUT2D eigenvalue weighted by Gasteiger charge is 2.23. The Balaban J connectivity index is 1.02. The SMILES string of the molecule is c1ccc(N(c2ccc(-c3ccc4oc5ccccc5c4c3)cc2)c2ccccc2-n2c3ccccc3c3ccccc32)c(-c2ccc3oc4c5ccccc5ccc4c3c2)c1. The van der Waals surface area contributed by atoms with Crippen LogP contribution in [0.5, 0.6) is 0 Å². The van der Waals surface area contributed by atoms with Gasteiger partial charge in [0, 0.05) is 49.0 Å². The predicted octanol–water partition coefficient (Wildman–Crippen LogP) is 16.5. The zero-order chi connectivity index (χ0) is 40.7. The Kier molecular flexibility index (Phi) is 7.57. The van der Waals surface area contributed by atoms with E-state index in [1.54, 1.807) is 0 Å². The summed E-state index contributed by atoms with van der Waals surface area (Å²) in [5, 5.41) is 9.20. The Morgan fingerprint density at radius 1 is 0.339 bits per heavy atom. The lowest BCUT2D eigenvalue weighted by Crippen LogP contribution is -2.14. The van der Waals surface area contributed by atoms with Crippen LogP contribution in [0.2, 0.25) is 0 Å². The number of aromatic nitrogens is 1. The van der Waals surface area contributed by atoms with Crippen molar-refractivity contribution in [1.82, 2.24) is 4.57 Å². The van der Waals surface area contributed by atoms with Crippen LogP contribution in [-0.2, 0) is 0 Å². The summed E-state index contributed by atoms with van der Waals surface area (Å²) < 4.78 is 15.2. The van der Waals surface area contributed by atoms with Gasteiger partial charge >= 0.3 is 0 Å². The molecule has 290 valence electrons. The molecular weight excluding hydrogens is 757 g/mol. The van der Waals surface area contributed by atoms with Crippen LogP contribution < -0.4 is 4.90 Å². The molecule has 0 N–H and O–H groups in total. The summed E-state index contributed by atoms with van der Waals surface area (Å²) in [6.07, 6.45) is 0. The van der Waals surface area contributed by atoms with Crippen molar-refractivity contribution in [3.8, 4) is 27.9 Å². The minimum atomic E-state index is 0.878. The molecule has 13 rings (SSSR count). The summed E-state index contributed by atoms with van der Waals surface area (Å²) in [4.78, 5) is 2.43. The van der Waals surface area contributed by atoms with Gasteiger partial charge in [0.2, 0.25) is 0 Å². The van der Waals surface area contributed by atoms with Gasteiger partial charge in [-0.05, 0) is 101 Å². The highest BCUT2D eigenvalue weighted by atomic mass is 16.3. The van der Waals surface area contributed by atoms with E-state index >= 15 is 0 Å². The maximum Gasteiger partial charge on any atom is 0.143 e. The Bertz CT molecular complexity index is 3830. The third-order valence-electron chi connectivity index (χ3n) is 12.6. The lowest BCUT2D eigenvalue weighted by Gasteiger charge is -2.30. The smallest absolute Gasteiger partial charge is 0.143 e. The number of benzene rings is 10. The maximum absolute atomic E-state index is 6.57. The van der Waals surface area contributed by atoms with Crippen LogP contribution in [0, 0.1) is 0 Å². The lowest BCUT2D eigenvalue weighted by molar-refractivity contribution is 0.669. The minimum absolute atomic E-state index is 0.878. The molecule has 10 aromatic carbocycles. The molecule has 0 saturated carbocycles. The van der Waals surface area contributed by atoms with Crippen molar-refractivity contribution in [2.24, 2.45) is 0 Å². The molecule has 0 spiro atoms. The summed E-state index contributed by atoms with van der Waals surface area (Å²) in [5.74, 6) is 0. The highest BCUT2D eigenvalue weighted by molar-refractivity contribution is 6.16. The molecule has 3 heterocycles. The van der Waals surface area contributed by atoms with Crippen molar-refractivity contribution >= 4 is 93.5 Å². The van der Waals surface area contributed by atoms with Gasteiger partial charge in [-0.25, -0.2) is 0 Å². The van der Waals surface area contributed by atoms with Crippen LogP contribution in [0.25, 0.3) is 104 Å². The highest BCUT2D eigenvalue weighted by Crippen LogP contribution is 2.46. The first-order chi connectivity index (χ1) is 30.7. The van der Waals surface area contributed by atoms with Crippen molar-refractivity contribution in [2.45, 2.75) is 0 Å². The number of para-hydroxylation sites is 6. The number of nitrogens with zero attached hydrogens (tertiary/aromatic N) is 2. The maximum atomic E-state index is 6.57. The quantitative estimate of drug-likeness (QED) is 0.168. The van der Waals surface area contributed by atoms with Gasteiger partial charge in [0.1, 0.15) is 22.3 Å². The van der Waals surface area contributed by atoms with Gasteiger partial charge < -0.3 is 18.3 Å². The van der Waals surface area contributed by atoms with Crippen LogP contribution in [0.1, 0.15) is 0 Å². The molecule has 0 bridgehead atoms. The second-order valence-electron chi connectivity index (χ2n) is 16.0. The van der Waals surface area contributed by atoms with Crippen LogP contribution in [-0.4, -0.2) is 4.57 Å². The summed E-state index contributed by atoms with van der Waals surface area (Å²) in [6.45, 7) is 0. The molecule has 0 amide bonds. The third-order valence-corrected chi connectivity index (χ3v) is 12.6. The second-order valence-corrected chi connectivity index (χ2v) is 16.0. The number of hydrogen-bond acceptors (Lipinski definition) is 3. The van der Waals surface area contributed by atoms with Crippen LogP contribution in [0.15, 0.2) is 227 Å². The first-order valence-electron chi connectivity index (χ1n) is 21.1. The van der Waals surface area contributed by atoms with Crippen LogP contribution in [0.3, 0.4) is 0 Å². The first-order valence-corrected chi connectivity index (χ1v) is 21.1. The molecule has 62 heavy (non-hydrogen) atoms. The van der Waals surface area contributed by atoms with Crippen molar-refractivity contribution in [1.29, 1.82) is 0 Å². The predicted molar refractivity (Wildman–Crippen MR) is 258 cm³/mol. The average molecular weight is 793 g/mol. The fourth-order valence-corrected chi connectivity index (χ4v) is 9.73. The fourth-order valence-electron chi connectivity index (χ4n) is 9.73. The average Bonchev–Trinajstić information content (AvgIpc) is 4.02. The topological polar surface area (TPSA) is 34.5 Å². The molecule has 4 heteroatoms. The second kappa shape index (κ2) is 13.6. The summed E-state index contributed by atoms with van der Waals surface area (Å²) in [6, 6.07) is 78.2. The van der Waals surface area contributed by atoms with Crippen molar-refractivity contribution in [3.63, 3.8) is 0 Å².